The molecule has 3 heterocycles. The number of alkyl halides is 3. The number of carbonyl (C=O) groups excluding carboxylic acids is 1. The van der Waals surface area contributed by atoms with Crippen molar-refractivity contribution in [3.63, 3.8) is 0 Å². The molecule has 8 nitrogen and oxygen atoms in total. The Morgan fingerprint density at radius 1 is 0.850 bits per heavy atom. The van der Waals surface area contributed by atoms with Crippen LogP contribution in [0.3, 0.4) is 0 Å². The fourth-order valence-electron chi connectivity index (χ4n) is 4.84. The number of hydrogen-bond acceptors (Lipinski definition) is 6. The van der Waals surface area contributed by atoms with Crippen LogP contribution in [0.5, 0.6) is 11.5 Å². The predicted molar refractivity (Wildman–Crippen MR) is 140 cm³/mol. The van der Waals surface area contributed by atoms with Crippen molar-refractivity contribution in [2.24, 2.45) is 0 Å². The van der Waals surface area contributed by atoms with Crippen molar-refractivity contribution in [2.75, 3.05) is 24.8 Å². The highest BCUT2D eigenvalue weighted by Crippen LogP contribution is 2.37. The fourth-order valence-corrected chi connectivity index (χ4v) is 4.84. The summed E-state index contributed by atoms with van der Waals surface area (Å²) in [6.45, 7) is 1.83. The topological polar surface area (TPSA) is 80.9 Å². The van der Waals surface area contributed by atoms with Crippen LogP contribution in [-0.2, 0) is 12.7 Å². The number of likely N-dealkylation sites (tertiary alicyclic amines) is 1. The van der Waals surface area contributed by atoms with Crippen LogP contribution in [0, 0.1) is 0 Å². The van der Waals surface area contributed by atoms with Gasteiger partial charge in [-0.05, 0) is 72.4 Å². The van der Waals surface area contributed by atoms with E-state index in [1.54, 1.807) is 29.2 Å². The van der Waals surface area contributed by atoms with Gasteiger partial charge in [0.2, 0.25) is 12.7 Å². The number of aromatic nitrogens is 2. The normalized spacial score (nSPS) is 14.8. The third-order valence-electron chi connectivity index (χ3n) is 6.93. The highest BCUT2D eigenvalue weighted by molar-refractivity contribution is 5.93. The summed E-state index contributed by atoms with van der Waals surface area (Å²) in [5.74, 6) is -0.253. The lowest BCUT2D eigenvalue weighted by atomic mass is 10.0. The van der Waals surface area contributed by atoms with E-state index in [2.05, 4.69) is 10.2 Å². The number of anilines is 1. The summed E-state index contributed by atoms with van der Waals surface area (Å²) in [5, 5.41) is 6.60. The second-order valence-electron chi connectivity index (χ2n) is 9.64. The predicted octanol–water partition coefficient (Wildman–Crippen LogP) is 6.76. The number of hydrogen-bond donors (Lipinski definition) is 0. The number of amides is 2. The maximum Gasteiger partial charge on any atom is 0.470 e. The summed E-state index contributed by atoms with van der Waals surface area (Å²) < 4.78 is 54.3. The maximum absolute atomic E-state index is 13.8. The Morgan fingerprint density at radius 3 is 2.33 bits per heavy atom. The molecule has 4 aromatic rings. The Morgan fingerprint density at radius 2 is 1.57 bits per heavy atom. The molecule has 2 aliphatic heterocycles. The van der Waals surface area contributed by atoms with Gasteiger partial charge in [0, 0.05) is 24.3 Å². The molecule has 0 spiro atoms. The smallest absolute Gasteiger partial charge is 0.454 e. The number of rotatable bonds is 5. The molecular weight excluding hydrogens is 525 g/mol. The quantitative estimate of drug-likeness (QED) is 0.273. The molecule has 0 saturated carbocycles. The average Bonchev–Trinajstić information content (AvgIpc) is 3.66. The van der Waals surface area contributed by atoms with Crippen LogP contribution >= 0.6 is 0 Å². The van der Waals surface area contributed by atoms with Crippen LogP contribution in [0.15, 0.2) is 71.1 Å². The largest absolute Gasteiger partial charge is 0.470 e. The molecule has 0 N–H and O–H groups in total. The zero-order chi connectivity index (χ0) is 27.7. The number of nitrogens with zero attached hydrogens (tertiary/aromatic N) is 4. The SMILES string of the molecule is O=C(N1CCCCC1)N(Cc1ccc(-c2nnc(C(F)(F)F)o2)cc1)c1cccc(-c2ccc3c(c2)OCO3)c1. The summed E-state index contributed by atoms with van der Waals surface area (Å²) in [4.78, 5) is 17.4. The van der Waals surface area contributed by atoms with Crippen molar-refractivity contribution in [3.05, 3.63) is 78.2 Å². The number of carbonyl (C=O) groups is 1. The van der Waals surface area contributed by atoms with Gasteiger partial charge in [-0.25, -0.2) is 4.79 Å². The molecule has 0 aliphatic carbocycles. The number of ether oxygens (including phenoxy) is 2. The Bertz CT molecular complexity index is 1510. The molecule has 1 saturated heterocycles. The van der Waals surface area contributed by atoms with E-state index >= 15 is 0 Å². The molecule has 206 valence electrons. The van der Waals surface area contributed by atoms with Gasteiger partial charge in [0.05, 0.1) is 6.54 Å². The molecule has 40 heavy (non-hydrogen) atoms. The minimum atomic E-state index is -4.71. The molecule has 2 aliphatic rings. The third kappa shape index (κ3) is 5.31. The number of halogens is 3. The summed E-state index contributed by atoms with van der Waals surface area (Å²) in [6, 6.07) is 20.1. The first-order valence-electron chi connectivity index (χ1n) is 12.9. The van der Waals surface area contributed by atoms with Crippen LogP contribution < -0.4 is 14.4 Å². The highest BCUT2D eigenvalue weighted by Gasteiger charge is 2.38. The lowest BCUT2D eigenvalue weighted by Gasteiger charge is -2.33. The van der Waals surface area contributed by atoms with E-state index in [0.29, 0.717) is 30.2 Å². The van der Waals surface area contributed by atoms with Crippen LogP contribution in [0.4, 0.5) is 23.7 Å². The van der Waals surface area contributed by atoms with E-state index in [1.807, 2.05) is 47.4 Å². The number of benzene rings is 3. The Labute approximate surface area is 227 Å². The molecule has 0 atom stereocenters. The van der Waals surface area contributed by atoms with Gasteiger partial charge in [0.15, 0.2) is 11.5 Å². The minimum Gasteiger partial charge on any atom is -0.454 e. The van der Waals surface area contributed by atoms with Crippen LogP contribution in [0.2, 0.25) is 0 Å². The molecular formula is C29H25F3N4O4. The molecule has 3 aromatic carbocycles. The molecule has 0 bridgehead atoms. The fraction of sp³-hybridized carbons (Fsp3) is 0.276. The summed E-state index contributed by atoms with van der Waals surface area (Å²) >= 11 is 0. The summed E-state index contributed by atoms with van der Waals surface area (Å²) in [6.07, 6.45) is -1.71. The third-order valence-corrected chi connectivity index (χ3v) is 6.93. The monoisotopic (exact) mass is 550 g/mol. The van der Waals surface area contributed by atoms with Gasteiger partial charge < -0.3 is 18.8 Å². The number of fused-ring (bicyclic) bond motifs is 1. The van der Waals surface area contributed by atoms with Crippen LogP contribution in [-0.4, -0.2) is 41.0 Å². The number of piperidine rings is 1. The van der Waals surface area contributed by atoms with Crippen molar-refractivity contribution >= 4 is 11.7 Å². The van der Waals surface area contributed by atoms with Gasteiger partial charge >= 0.3 is 18.1 Å². The second-order valence-corrected chi connectivity index (χ2v) is 9.64. The molecule has 6 rings (SSSR count). The van der Waals surface area contributed by atoms with Crippen molar-refractivity contribution in [3.8, 4) is 34.1 Å². The van der Waals surface area contributed by atoms with Gasteiger partial charge in [0.25, 0.3) is 0 Å². The van der Waals surface area contributed by atoms with Gasteiger partial charge in [-0.2, -0.15) is 13.2 Å². The van der Waals surface area contributed by atoms with Crippen molar-refractivity contribution < 1.29 is 31.9 Å². The van der Waals surface area contributed by atoms with Gasteiger partial charge in [-0.3, -0.25) is 4.90 Å². The van der Waals surface area contributed by atoms with E-state index < -0.39 is 12.1 Å². The van der Waals surface area contributed by atoms with E-state index in [4.69, 9.17) is 13.9 Å². The Balaban J connectivity index is 1.28. The van der Waals surface area contributed by atoms with Crippen molar-refractivity contribution in [1.82, 2.24) is 15.1 Å². The lowest BCUT2D eigenvalue weighted by molar-refractivity contribution is -0.156. The zero-order valence-electron chi connectivity index (χ0n) is 21.4. The molecule has 0 radical (unpaired) electrons. The lowest BCUT2D eigenvalue weighted by Crippen LogP contribution is -2.45. The first-order chi connectivity index (χ1) is 19.3. The zero-order valence-corrected chi connectivity index (χ0v) is 21.4. The van der Waals surface area contributed by atoms with Crippen LogP contribution in [0.1, 0.15) is 30.7 Å². The first-order valence-corrected chi connectivity index (χ1v) is 12.9. The van der Waals surface area contributed by atoms with Crippen LogP contribution in [0.25, 0.3) is 22.6 Å². The molecule has 1 aromatic heterocycles. The van der Waals surface area contributed by atoms with Crippen molar-refractivity contribution in [2.45, 2.75) is 32.0 Å². The summed E-state index contributed by atoms with van der Waals surface area (Å²) in [5.41, 5.74) is 3.71. The van der Waals surface area contributed by atoms with Gasteiger partial charge in [0.1, 0.15) is 0 Å². The van der Waals surface area contributed by atoms with Gasteiger partial charge in [-0.15, -0.1) is 10.2 Å². The first kappa shape index (κ1) is 25.7. The van der Waals surface area contributed by atoms with E-state index in [-0.39, 0.29) is 25.3 Å². The number of urea groups is 1. The molecule has 1 fully saturated rings. The second kappa shape index (κ2) is 10.6. The standard InChI is InChI=1S/C29H25F3N4O4/c30-29(31,32)27-34-33-26(40-27)20-9-7-19(8-10-20)17-36(28(37)35-13-2-1-3-14-35)23-6-4-5-21(15-23)22-11-12-24-25(16-22)39-18-38-24/h4-12,15-16H,1-3,13-14,17-18H2. The Kier molecular flexibility index (Phi) is 6.79. The highest BCUT2D eigenvalue weighted by atomic mass is 19.4. The summed E-state index contributed by atoms with van der Waals surface area (Å²) in [7, 11) is 0. The molecule has 0 unspecified atom stereocenters. The van der Waals surface area contributed by atoms with Gasteiger partial charge in [-0.1, -0.05) is 30.3 Å². The molecule has 11 heteroatoms. The minimum absolute atomic E-state index is 0.0988. The maximum atomic E-state index is 13.8. The Hall–Kier alpha value is -4.54. The van der Waals surface area contributed by atoms with E-state index in [0.717, 1.165) is 41.6 Å². The van der Waals surface area contributed by atoms with E-state index in [1.165, 1.54) is 0 Å². The average molecular weight is 551 g/mol. The molecule has 2 amide bonds. The van der Waals surface area contributed by atoms with Crippen molar-refractivity contribution in [1.29, 1.82) is 0 Å². The van der Waals surface area contributed by atoms with E-state index in [9.17, 15) is 18.0 Å².